The lowest BCUT2D eigenvalue weighted by atomic mass is 9.98. The zero-order valence-electron chi connectivity index (χ0n) is 16.0. The van der Waals surface area contributed by atoms with Gasteiger partial charge in [0.1, 0.15) is 11.6 Å². The lowest BCUT2D eigenvalue weighted by Crippen LogP contribution is -2.08. The van der Waals surface area contributed by atoms with Gasteiger partial charge in [-0.15, -0.1) is 0 Å². The first-order chi connectivity index (χ1) is 10.5. The third-order valence-corrected chi connectivity index (χ3v) is 2.97. The molecule has 0 heterocycles. The van der Waals surface area contributed by atoms with E-state index in [1.165, 1.54) is 18.9 Å². The Morgan fingerprint density at radius 2 is 1.59 bits per heavy atom. The van der Waals surface area contributed by atoms with Crippen molar-refractivity contribution in [3.8, 4) is 0 Å². The van der Waals surface area contributed by atoms with Crippen LogP contribution in [0.15, 0.2) is 24.3 Å². The van der Waals surface area contributed by atoms with Crippen molar-refractivity contribution in [2.45, 2.75) is 81.1 Å². The number of halogens is 1. The Balaban J connectivity index is -0.000000270. The Hall–Kier alpha value is -1.18. The van der Waals surface area contributed by atoms with Crippen LogP contribution in [0.1, 0.15) is 79.7 Å². The highest BCUT2D eigenvalue weighted by Gasteiger charge is 2.08. The average Bonchev–Trinajstić information content (AvgIpc) is 2.58. The maximum Gasteiger partial charge on any atom is 0.135 e. The van der Waals surface area contributed by atoms with Crippen LogP contribution in [-0.4, -0.2) is 5.78 Å². The minimum absolute atomic E-state index is 0.132. The highest BCUT2D eigenvalue weighted by atomic mass is 19.1. The van der Waals surface area contributed by atoms with Crippen molar-refractivity contribution >= 4 is 5.78 Å². The molecule has 0 N–H and O–H groups in total. The summed E-state index contributed by atoms with van der Waals surface area (Å²) in [5.74, 6) is 0.575. The van der Waals surface area contributed by atoms with Gasteiger partial charge in [-0.2, -0.15) is 0 Å². The topological polar surface area (TPSA) is 17.1 Å². The quantitative estimate of drug-likeness (QED) is 0.573. The van der Waals surface area contributed by atoms with E-state index in [-0.39, 0.29) is 5.82 Å². The Labute approximate surface area is 138 Å². The number of aryl methyl sites for hydroxylation is 1. The Morgan fingerprint density at radius 3 is 1.91 bits per heavy atom. The maximum absolute atomic E-state index is 12.3. The van der Waals surface area contributed by atoms with Crippen LogP contribution in [0.5, 0.6) is 0 Å². The van der Waals surface area contributed by atoms with Crippen molar-refractivity contribution in [2.24, 2.45) is 5.92 Å². The third-order valence-electron chi connectivity index (χ3n) is 2.97. The van der Waals surface area contributed by atoms with Crippen LogP contribution in [-0.2, 0) is 4.79 Å². The maximum atomic E-state index is 12.3. The van der Waals surface area contributed by atoms with Gasteiger partial charge in [0.25, 0.3) is 0 Å². The van der Waals surface area contributed by atoms with E-state index in [0.29, 0.717) is 23.7 Å². The summed E-state index contributed by atoms with van der Waals surface area (Å²) in [6.45, 7) is 15.9. The fraction of sp³-hybridized carbons (Fsp3) is 0.650. The average molecular weight is 313 g/mol. The van der Waals surface area contributed by atoms with Crippen molar-refractivity contribution < 1.29 is 9.18 Å². The first kappa shape index (κ1) is 25.8. The van der Waals surface area contributed by atoms with E-state index in [9.17, 15) is 9.18 Å². The molecule has 0 amide bonds. The largest absolute Gasteiger partial charge is 0.299 e. The molecule has 0 spiro atoms. The Kier molecular flexibility index (Phi) is 23.2. The summed E-state index contributed by atoms with van der Waals surface area (Å²) in [7, 11) is 0. The number of carbonyl (C=O) groups is 1. The standard InChI is InChI=1S/C9H18O.C7H7F.2C2H6/c1-4-6-7-8(3)9(10)5-2;1-6-4-2-3-5-7(6)8;2*1-2/h8H,4-7H2,1-3H3;2-5H,1H3;2*1-2H3. The molecule has 1 aromatic carbocycles. The van der Waals surface area contributed by atoms with Crippen molar-refractivity contribution in [2.75, 3.05) is 0 Å². The summed E-state index contributed by atoms with van der Waals surface area (Å²) in [6.07, 6.45) is 4.16. The number of unbranched alkanes of at least 4 members (excludes halogenated alkanes) is 1. The van der Waals surface area contributed by atoms with E-state index < -0.39 is 0 Å². The fourth-order valence-corrected chi connectivity index (χ4v) is 1.57. The molecule has 1 nitrogen and oxygen atoms in total. The van der Waals surface area contributed by atoms with Gasteiger partial charge in [0.15, 0.2) is 0 Å². The lowest BCUT2D eigenvalue weighted by Gasteiger charge is -2.06. The second-order valence-electron chi connectivity index (χ2n) is 4.61. The number of Topliss-reactive ketones (excluding diaryl/α,β-unsaturated/α-hetero) is 1. The number of carbonyl (C=O) groups excluding carboxylic acids is 1. The minimum atomic E-state index is -0.132. The molecule has 0 aliphatic rings. The first-order valence-corrected chi connectivity index (χ1v) is 8.76. The molecule has 0 fully saturated rings. The lowest BCUT2D eigenvalue weighted by molar-refractivity contribution is -0.122. The molecule has 1 atom stereocenters. The summed E-state index contributed by atoms with van der Waals surface area (Å²) in [5.41, 5.74) is 0.701. The van der Waals surface area contributed by atoms with E-state index in [0.717, 1.165) is 6.42 Å². The van der Waals surface area contributed by atoms with E-state index in [1.54, 1.807) is 19.1 Å². The van der Waals surface area contributed by atoms with E-state index in [4.69, 9.17) is 0 Å². The number of hydrogen-bond acceptors (Lipinski definition) is 1. The highest BCUT2D eigenvalue weighted by Crippen LogP contribution is 2.09. The van der Waals surface area contributed by atoms with Crippen LogP contribution in [0.2, 0.25) is 0 Å². The number of ketones is 1. The molecule has 22 heavy (non-hydrogen) atoms. The zero-order chi connectivity index (χ0) is 18.0. The monoisotopic (exact) mass is 312 g/mol. The fourth-order valence-electron chi connectivity index (χ4n) is 1.57. The van der Waals surface area contributed by atoms with Gasteiger partial charge < -0.3 is 0 Å². The van der Waals surface area contributed by atoms with E-state index >= 15 is 0 Å². The highest BCUT2D eigenvalue weighted by molar-refractivity contribution is 5.80. The molecule has 130 valence electrons. The third kappa shape index (κ3) is 15.2. The predicted molar refractivity (Wildman–Crippen MR) is 97.8 cm³/mol. The zero-order valence-corrected chi connectivity index (χ0v) is 16.0. The second kappa shape index (κ2) is 19.8. The van der Waals surface area contributed by atoms with Gasteiger partial charge in [-0.1, -0.05) is 79.5 Å². The van der Waals surface area contributed by atoms with Gasteiger partial charge >= 0.3 is 0 Å². The van der Waals surface area contributed by atoms with Crippen LogP contribution >= 0.6 is 0 Å². The summed E-state index contributed by atoms with van der Waals surface area (Å²) in [6, 6.07) is 6.70. The second-order valence-corrected chi connectivity index (χ2v) is 4.61. The van der Waals surface area contributed by atoms with Gasteiger partial charge in [0.05, 0.1) is 0 Å². The van der Waals surface area contributed by atoms with Crippen molar-refractivity contribution in [1.82, 2.24) is 0 Å². The molecule has 0 radical (unpaired) electrons. The van der Waals surface area contributed by atoms with Gasteiger partial charge in [-0.25, -0.2) is 4.39 Å². The summed E-state index contributed by atoms with van der Waals surface area (Å²) in [5, 5.41) is 0. The normalized spacial score (nSPS) is 9.86. The number of rotatable bonds is 5. The molecule has 1 aromatic rings. The summed E-state index contributed by atoms with van der Waals surface area (Å²) < 4.78 is 12.3. The molecule has 0 aliphatic heterocycles. The Bertz CT molecular complexity index is 326. The first-order valence-electron chi connectivity index (χ1n) is 8.76. The molecule has 0 bridgehead atoms. The molecule has 2 heteroatoms. The van der Waals surface area contributed by atoms with Crippen molar-refractivity contribution in [1.29, 1.82) is 0 Å². The van der Waals surface area contributed by atoms with Crippen LogP contribution in [0, 0.1) is 18.7 Å². The van der Waals surface area contributed by atoms with Gasteiger partial charge in [0.2, 0.25) is 0 Å². The van der Waals surface area contributed by atoms with Gasteiger partial charge in [0, 0.05) is 12.3 Å². The van der Waals surface area contributed by atoms with Gasteiger partial charge in [-0.05, 0) is 25.0 Å². The molecule has 0 aliphatic carbocycles. The Morgan fingerprint density at radius 1 is 1.09 bits per heavy atom. The van der Waals surface area contributed by atoms with E-state index in [2.05, 4.69) is 6.92 Å². The van der Waals surface area contributed by atoms with Crippen LogP contribution in [0.4, 0.5) is 4.39 Å². The summed E-state index contributed by atoms with van der Waals surface area (Å²) >= 11 is 0. The number of hydrogen-bond donors (Lipinski definition) is 0. The summed E-state index contributed by atoms with van der Waals surface area (Å²) in [4.78, 5) is 11.0. The van der Waals surface area contributed by atoms with Crippen molar-refractivity contribution in [3.05, 3.63) is 35.6 Å². The van der Waals surface area contributed by atoms with Gasteiger partial charge in [-0.3, -0.25) is 4.79 Å². The van der Waals surface area contributed by atoms with Crippen LogP contribution < -0.4 is 0 Å². The molecule has 0 aromatic heterocycles. The minimum Gasteiger partial charge on any atom is -0.299 e. The van der Waals surface area contributed by atoms with Crippen molar-refractivity contribution in [3.63, 3.8) is 0 Å². The molecular formula is C20H37FO. The molecule has 1 rings (SSSR count). The van der Waals surface area contributed by atoms with Crippen LogP contribution in [0.25, 0.3) is 0 Å². The number of benzene rings is 1. The molecular weight excluding hydrogens is 275 g/mol. The molecule has 1 unspecified atom stereocenters. The molecule has 0 saturated carbocycles. The van der Waals surface area contributed by atoms with Crippen LogP contribution in [0.3, 0.4) is 0 Å². The predicted octanol–water partition coefficient (Wildman–Crippen LogP) is 6.98. The SMILES string of the molecule is CC.CC.CCCCC(C)C(=O)CC.Cc1ccccc1F. The van der Waals surface area contributed by atoms with E-state index in [1.807, 2.05) is 47.6 Å². The molecule has 0 saturated heterocycles. The smallest absolute Gasteiger partial charge is 0.135 e.